The first-order valence-electron chi connectivity index (χ1n) is 11.1. The lowest BCUT2D eigenvalue weighted by Crippen LogP contribution is -2.48. The minimum absolute atomic E-state index is 0.138. The molecule has 0 saturated carbocycles. The average Bonchev–Trinajstić information content (AvgIpc) is 2.79. The second-order valence-corrected chi connectivity index (χ2v) is 8.21. The Morgan fingerprint density at radius 2 is 1.79 bits per heavy atom. The van der Waals surface area contributed by atoms with Gasteiger partial charge in [0, 0.05) is 10.6 Å². The minimum Gasteiger partial charge on any atom is -0.490 e. The zero-order chi connectivity index (χ0) is 24.2. The number of ether oxygens (including phenoxy) is 2. The Bertz CT molecular complexity index is 945. The van der Waals surface area contributed by atoms with Gasteiger partial charge in [-0.25, -0.2) is 5.43 Å². The minimum atomic E-state index is -0.751. The van der Waals surface area contributed by atoms with Crippen molar-refractivity contribution in [3.8, 4) is 11.5 Å². The Balaban J connectivity index is 2.02. The lowest BCUT2D eigenvalue weighted by atomic mass is 10.0. The molecule has 2 N–H and O–H groups in total. The normalized spacial score (nSPS) is 11.9. The molecule has 1 unspecified atom stereocenters. The van der Waals surface area contributed by atoms with Crippen LogP contribution in [0.25, 0.3) is 0 Å². The third kappa shape index (κ3) is 8.42. The van der Waals surface area contributed by atoms with Gasteiger partial charge >= 0.3 is 0 Å². The number of rotatable bonds is 12. The van der Waals surface area contributed by atoms with E-state index in [0.29, 0.717) is 35.3 Å². The zero-order valence-corrected chi connectivity index (χ0v) is 20.3. The van der Waals surface area contributed by atoms with Crippen molar-refractivity contribution in [1.29, 1.82) is 0 Å². The Kier molecular flexibility index (Phi) is 10.7. The molecular formula is C25H32ClN3O4. The summed E-state index contributed by atoms with van der Waals surface area (Å²) in [5, 5.41) is 7.34. The van der Waals surface area contributed by atoms with Crippen molar-refractivity contribution in [2.45, 2.75) is 46.6 Å². The van der Waals surface area contributed by atoms with Crippen LogP contribution in [0.15, 0.2) is 47.6 Å². The Morgan fingerprint density at radius 1 is 1.06 bits per heavy atom. The molecule has 0 aromatic heterocycles. The van der Waals surface area contributed by atoms with Crippen LogP contribution >= 0.6 is 11.6 Å². The van der Waals surface area contributed by atoms with E-state index in [9.17, 15) is 9.59 Å². The maximum absolute atomic E-state index is 12.7. The van der Waals surface area contributed by atoms with Gasteiger partial charge in [-0.15, -0.1) is 0 Å². The lowest BCUT2D eigenvalue weighted by molar-refractivity contribution is -0.123. The summed E-state index contributed by atoms with van der Waals surface area (Å²) >= 11 is 5.87. The van der Waals surface area contributed by atoms with Crippen LogP contribution < -0.4 is 20.2 Å². The van der Waals surface area contributed by atoms with Crippen LogP contribution in [0, 0.1) is 5.92 Å². The van der Waals surface area contributed by atoms with E-state index in [2.05, 4.69) is 22.8 Å². The summed E-state index contributed by atoms with van der Waals surface area (Å²) in [5.74, 6) is 0.397. The number of halogens is 1. The van der Waals surface area contributed by atoms with Crippen molar-refractivity contribution in [3.05, 3.63) is 58.6 Å². The van der Waals surface area contributed by atoms with Gasteiger partial charge in [0.15, 0.2) is 11.5 Å². The molecule has 0 saturated heterocycles. The molecule has 0 spiro atoms. The first-order valence-corrected chi connectivity index (χ1v) is 11.5. The molecule has 8 heteroatoms. The largest absolute Gasteiger partial charge is 0.490 e. The lowest BCUT2D eigenvalue weighted by Gasteiger charge is -2.20. The van der Waals surface area contributed by atoms with Crippen LogP contribution in [0.4, 0.5) is 0 Å². The Labute approximate surface area is 200 Å². The molecule has 33 heavy (non-hydrogen) atoms. The molecule has 0 aliphatic heterocycles. The number of hydrogen-bond acceptors (Lipinski definition) is 5. The van der Waals surface area contributed by atoms with Gasteiger partial charge in [0.1, 0.15) is 6.04 Å². The standard InChI is InChI=1S/C25H32ClN3O4/c1-5-7-14-33-21-13-8-18(15-22(21)32-6-2)16-27-29-25(31)23(17(3)4)28-24(30)19-9-11-20(26)12-10-19/h8-13,15-17,23H,5-7,14H2,1-4H3,(H,28,30)(H,29,31)/b27-16-. The molecule has 0 radical (unpaired) electrons. The summed E-state index contributed by atoms with van der Waals surface area (Å²) in [4.78, 5) is 25.2. The van der Waals surface area contributed by atoms with Gasteiger partial charge in [-0.3, -0.25) is 9.59 Å². The molecular weight excluding hydrogens is 442 g/mol. The van der Waals surface area contributed by atoms with Crippen molar-refractivity contribution in [2.75, 3.05) is 13.2 Å². The van der Waals surface area contributed by atoms with Crippen LogP contribution in [0.3, 0.4) is 0 Å². The molecule has 2 rings (SSSR count). The zero-order valence-electron chi connectivity index (χ0n) is 19.6. The molecule has 2 amide bonds. The third-order valence-electron chi connectivity index (χ3n) is 4.75. The van der Waals surface area contributed by atoms with Gasteiger partial charge in [-0.1, -0.05) is 38.8 Å². The van der Waals surface area contributed by atoms with Gasteiger partial charge in [-0.2, -0.15) is 5.10 Å². The monoisotopic (exact) mass is 473 g/mol. The van der Waals surface area contributed by atoms with Crippen molar-refractivity contribution in [1.82, 2.24) is 10.7 Å². The van der Waals surface area contributed by atoms with Gasteiger partial charge in [-0.05, 0) is 67.3 Å². The van der Waals surface area contributed by atoms with E-state index in [4.69, 9.17) is 21.1 Å². The van der Waals surface area contributed by atoms with Crippen LogP contribution in [0.2, 0.25) is 5.02 Å². The quantitative estimate of drug-likeness (QED) is 0.262. The smallest absolute Gasteiger partial charge is 0.262 e. The first-order chi connectivity index (χ1) is 15.8. The molecule has 0 fully saturated rings. The van der Waals surface area contributed by atoms with Crippen molar-refractivity contribution in [2.24, 2.45) is 11.0 Å². The third-order valence-corrected chi connectivity index (χ3v) is 5.01. The predicted molar refractivity (Wildman–Crippen MR) is 131 cm³/mol. The van der Waals surface area contributed by atoms with E-state index in [1.165, 1.54) is 6.21 Å². The summed E-state index contributed by atoms with van der Waals surface area (Å²) in [6.45, 7) is 8.83. The van der Waals surface area contributed by atoms with Crippen LogP contribution in [-0.4, -0.2) is 37.3 Å². The number of benzene rings is 2. The highest BCUT2D eigenvalue weighted by atomic mass is 35.5. The summed E-state index contributed by atoms with van der Waals surface area (Å²) in [7, 11) is 0. The fourth-order valence-electron chi connectivity index (χ4n) is 2.92. The number of hydrogen-bond donors (Lipinski definition) is 2. The van der Waals surface area contributed by atoms with Crippen molar-refractivity contribution in [3.63, 3.8) is 0 Å². The maximum Gasteiger partial charge on any atom is 0.262 e. The first kappa shape index (κ1) is 26.2. The van der Waals surface area contributed by atoms with E-state index in [1.807, 2.05) is 39.0 Å². The second-order valence-electron chi connectivity index (χ2n) is 7.78. The van der Waals surface area contributed by atoms with Gasteiger partial charge in [0.25, 0.3) is 11.8 Å². The number of unbranched alkanes of at least 4 members (excludes halogenated alkanes) is 1. The molecule has 7 nitrogen and oxygen atoms in total. The molecule has 0 bridgehead atoms. The van der Waals surface area contributed by atoms with Crippen LogP contribution in [-0.2, 0) is 4.79 Å². The summed E-state index contributed by atoms with van der Waals surface area (Å²) in [6, 6.07) is 11.2. The van der Waals surface area contributed by atoms with E-state index < -0.39 is 11.9 Å². The topological polar surface area (TPSA) is 89.0 Å². The highest BCUT2D eigenvalue weighted by Gasteiger charge is 2.24. The molecule has 0 aliphatic rings. The predicted octanol–water partition coefficient (Wildman–Crippen LogP) is 4.82. The van der Waals surface area contributed by atoms with Crippen LogP contribution in [0.1, 0.15) is 56.5 Å². The number of nitrogens with one attached hydrogen (secondary N) is 2. The fourth-order valence-corrected chi connectivity index (χ4v) is 3.05. The second kappa shape index (κ2) is 13.5. The van der Waals surface area contributed by atoms with E-state index in [1.54, 1.807) is 24.3 Å². The van der Waals surface area contributed by atoms with Gasteiger partial charge < -0.3 is 14.8 Å². The molecule has 0 aliphatic carbocycles. The number of hydrazone groups is 1. The maximum atomic E-state index is 12.7. The van der Waals surface area contributed by atoms with Gasteiger partial charge in [0.2, 0.25) is 0 Å². The SMILES string of the molecule is CCCCOc1ccc(/C=N\NC(=O)C(NC(=O)c2ccc(Cl)cc2)C(C)C)cc1OCC. The summed E-state index contributed by atoms with van der Waals surface area (Å²) in [6.07, 6.45) is 3.53. The highest BCUT2D eigenvalue weighted by Crippen LogP contribution is 2.28. The van der Waals surface area contributed by atoms with Gasteiger partial charge in [0.05, 0.1) is 19.4 Å². The summed E-state index contributed by atoms with van der Waals surface area (Å²) < 4.78 is 11.4. The molecule has 2 aromatic carbocycles. The fraction of sp³-hybridized carbons (Fsp3) is 0.400. The number of nitrogens with zero attached hydrogens (tertiary/aromatic N) is 1. The average molecular weight is 474 g/mol. The molecule has 0 heterocycles. The number of amides is 2. The molecule has 178 valence electrons. The van der Waals surface area contributed by atoms with Crippen LogP contribution in [0.5, 0.6) is 11.5 Å². The number of carbonyl (C=O) groups excluding carboxylic acids is 2. The Morgan fingerprint density at radius 3 is 2.42 bits per heavy atom. The van der Waals surface area contributed by atoms with Crippen molar-refractivity contribution < 1.29 is 19.1 Å². The highest BCUT2D eigenvalue weighted by molar-refractivity contribution is 6.30. The van der Waals surface area contributed by atoms with E-state index in [-0.39, 0.29) is 11.8 Å². The summed E-state index contributed by atoms with van der Waals surface area (Å²) in [5.41, 5.74) is 3.67. The number of carbonyl (C=O) groups is 2. The Hall–Kier alpha value is -3.06. The van der Waals surface area contributed by atoms with E-state index in [0.717, 1.165) is 18.4 Å². The molecule has 2 aromatic rings. The molecule has 1 atom stereocenters. The van der Waals surface area contributed by atoms with Crippen molar-refractivity contribution >= 4 is 29.6 Å². The van der Waals surface area contributed by atoms with E-state index >= 15 is 0 Å².